The Bertz CT molecular complexity index is 944. The fourth-order valence-corrected chi connectivity index (χ4v) is 4.33. The van der Waals surface area contributed by atoms with E-state index in [0.717, 1.165) is 22.1 Å². The molecule has 28 heavy (non-hydrogen) atoms. The highest BCUT2D eigenvalue weighted by atomic mass is 35.5. The summed E-state index contributed by atoms with van der Waals surface area (Å²) in [6.45, 7) is 2.30. The summed E-state index contributed by atoms with van der Waals surface area (Å²) in [5.74, 6) is 2.02. The number of nitrogens with one attached hydrogen (secondary N) is 1. The quantitative estimate of drug-likeness (QED) is 0.445. The lowest BCUT2D eigenvalue weighted by atomic mass is 10.1. The molecule has 3 aromatic carbocycles. The molecule has 0 spiro atoms. The van der Waals surface area contributed by atoms with Gasteiger partial charge in [-0.2, -0.15) is 11.8 Å². The number of carbonyl (C=O) groups is 1. The molecule has 0 fully saturated rings. The highest BCUT2D eigenvalue weighted by Crippen LogP contribution is 2.28. The second-order valence-electron chi connectivity index (χ2n) is 6.31. The first-order chi connectivity index (χ1) is 13.5. The van der Waals surface area contributed by atoms with Gasteiger partial charge in [-0.25, -0.2) is 0 Å². The molecule has 3 nitrogen and oxygen atoms in total. The number of carbonyl (C=O) groups excluding carboxylic acids is 1. The second kappa shape index (κ2) is 10.1. The van der Waals surface area contributed by atoms with Crippen molar-refractivity contribution in [2.45, 2.75) is 18.8 Å². The van der Waals surface area contributed by atoms with Crippen LogP contribution in [0.3, 0.4) is 0 Å². The van der Waals surface area contributed by atoms with E-state index in [9.17, 15) is 4.79 Å². The topological polar surface area (TPSA) is 38.3 Å². The fourth-order valence-electron chi connectivity index (χ4n) is 2.73. The molecular formula is C22H21Cl2NO2S. The van der Waals surface area contributed by atoms with E-state index in [1.54, 1.807) is 18.7 Å². The summed E-state index contributed by atoms with van der Waals surface area (Å²) in [7, 11) is 0. The summed E-state index contributed by atoms with van der Waals surface area (Å²) in [6.07, 6.45) is -0.566. The SMILES string of the molecule is C[C@@H](Oc1ccc2ccccc2c1)C(=O)NCCSCc1c(Cl)cccc1Cl. The third-order valence-corrected chi connectivity index (χ3v) is 5.95. The first-order valence-corrected chi connectivity index (χ1v) is 10.9. The van der Waals surface area contributed by atoms with Crippen molar-refractivity contribution in [2.75, 3.05) is 12.3 Å². The van der Waals surface area contributed by atoms with Crippen LogP contribution in [0.15, 0.2) is 60.7 Å². The van der Waals surface area contributed by atoms with Crippen LogP contribution >= 0.6 is 35.0 Å². The second-order valence-corrected chi connectivity index (χ2v) is 8.23. The molecule has 0 aliphatic carbocycles. The number of rotatable bonds is 8. The number of fused-ring (bicyclic) bond motifs is 1. The molecule has 0 aromatic heterocycles. The van der Waals surface area contributed by atoms with Gasteiger partial charge < -0.3 is 10.1 Å². The van der Waals surface area contributed by atoms with Crippen molar-refractivity contribution in [2.24, 2.45) is 0 Å². The van der Waals surface area contributed by atoms with E-state index in [2.05, 4.69) is 5.32 Å². The van der Waals surface area contributed by atoms with E-state index >= 15 is 0 Å². The van der Waals surface area contributed by atoms with Crippen molar-refractivity contribution in [1.29, 1.82) is 0 Å². The highest BCUT2D eigenvalue weighted by molar-refractivity contribution is 7.98. The van der Waals surface area contributed by atoms with E-state index in [1.807, 2.05) is 60.7 Å². The molecule has 0 saturated heterocycles. The Labute approximate surface area is 179 Å². The van der Waals surface area contributed by atoms with Gasteiger partial charge in [0.1, 0.15) is 5.75 Å². The van der Waals surface area contributed by atoms with Gasteiger partial charge in [-0.1, -0.05) is 59.6 Å². The average Bonchev–Trinajstić information content (AvgIpc) is 2.69. The number of halogens is 2. The van der Waals surface area contributed by atoms with Crippen molar-refractivity contribution in [3.8, 4) is 5.75 Å². The molecule has 0 aliphatic rings. The first-order valence-electron chi connectivity index (χ1n) is 8.98. The van der Waals surface area contributed by atoms with Crippen LogP contribution in [0.4, 0.5) is 0 Å². The molecule has 0 unspecified atom stereocenters. The summed E-state index contributed by atoms with van der Waals surface area (Å²) in [4.78, 5) is 12.3. The van der Waals surface area contributed by atoms with Gasteiger partial charge in [-0.3, -0.25) is 4.79 Å². The van der Waals surface area contributed by atoms with Crippen LogP contribution in [0.1, 0.15) is 12.5 Å². The van der Waals surface area contributed by atoms with E-state index in [4.69, 9.17) is 27.9 Å². The van der Waals surface area contributed by atoms with E-state index < -0.39 is 6.10 Å². The zero-order valence-electron chi connectivity index (χ0n) is 15.5. The Hall–Kier alpha value is -1.88. The molecule has 6 heteroatoms. The van der Waals surface area contributed by atoms with Crippen molar-refractivity contribution in [3.63, 3.8) is 0 Å². The van der Waals surface area contributed by atoms with Crippen molar-refractivity contribution in [1.82, 2.24) is 5.32 Å². The van der Waals surface area contributed by atoms with Crippen LogP contribution < -0.4 is 10.1 Å². The predicted octanol–water partition coefficient (Wildman–Crippen LogP) is 5.96. The van der Waals surface area contributed by atoms with E-state index in [0.29, 0.717) is 28.1 Å². The van der Waals surface area contributed by atoms with Gasteiger partial charge in [0.25, 0.3) is 5.91 Å². The summed E-state index contributed by atoms with van der Waals surface area (Å²) < 4.78 is 5.79. The third kappa shape index (κ3) is 5.57. The maximum atomic E-state index is 12.3. The molecular weight excluding hydrogens is 413 g/mol. The monoisotopic (exact) mass is 433 g/mol. The fraction of sp³-hybridized carbons (Fsp3) is 0.227. The zero-order valence-corrected chi connectivity index (χ0v) is 17.8. The molecule has 0 aliphatic heterocycles. The Balaban J connectivity index is 1.42. The minimum absolute atomic E-state index is 0.135. The first kappa shape index (κ1) is 20.8. The number of hydrogen-bond acceptors (Lipinski definition) is 3. The third-order valence-electron chi connectivity index (χ3n) is 4.26. The predicted molar refractivity (Wildman–Crippen MR) is 120 cm³/mol. The summed E-state index contributed by atoms with van der Waals surface area (Å²) in [5, 5.41) is 6.47. The molecule has 0 saturated carbocycles. The normalized spacial score (nSPS) is 12.0. The number of ether oxygens (including phenoxy) is 1. The Morgan fingerprint density at radius 1 is 1.04 bits per heavy atom. The number of benzene rings is 3. The van der Waals surface area contributed by atoms with Crippen LogP contribution in [-0.4, -0.2) is 24.3 Å². The largest absolute Gasteiger partial charge is 0.481 e. The zero-order chi connectivity index (χ0) is 19.9. The van der Waals surface area contributed by atoms with E-state index in [-0.39, 0.29) is 5.91 Å². The molecule has 0 heterocycles. The van der Waals surface area contributed by atoms with Crippen LogP contribution in [0.2, 0.25) is 10.0 Å². The average molecular weight is 434 g/mol. The van der Waals surface area contributed by atoms with Gasteiger partial charge in [-0.15, -0.1) is 0 Å². The molecule has 1 amide bonds. The summed E-state index contributed by atoms with van der Waals surface area (Å²) in [5.41, 5.74) is 0.926. The maximum absolute atomic E-state index is 12.3. The van der Waals surface area contributed by atoms with Crippen molar-refractivity contribution in [3.05, 3.63) is 76.3 Å². The molecule has 146 valence electrons. The van der Waals surface area contributed by atoms with Crippen LogP contribution in [0, 0.1) is 0 Å². The van der Waals surface area contributed by atoms with Gasteiger partial charge in [-0.05, 0) is 47.5 Å². The van der Waals surface area contributed by atoms with Gasteiger partial charge in [0.05, 0.1) is 0 Å². The summed E-state index contributed by atoms with van der Waals surface area (Å²) >= 11 is 14.0. The lowest BCUT2D eigenvalue weighted by Gasteiger charge is -2.15. The molecule has 0 radical (unpaired) electrons. The minimum Gasteiger partial charge on any atom is -0.481 e. The standard InChI is InChI=1S/C22H21Cl2NO2S/c1-15(27-18-10-9-16-5-2-3-6-17(16)13-18)22(26)25-11-12-28-14-19-20(23)7-4-8-21(19)24/h2-10,13,15H,11-12,14H2,1H3,(H,25,26)/t15-/m1/s1. The summed E-state index contributed by atoms with van der Waals surface area (Å²) in [6, 6.07) is 19.4. The smallest absolute Gasteiger partial charge is 0.260 e. The van der Waals surface area contributed by atoms with E-state index in [1.165, 1.54) is 0 Å². The Morgan fingerprint density at radius 2 is 1.75 bits per heavy atom. The van der Waals surface area contributed by atoms with Gasteiger partial charge in [0, 0.05) is 28.1 Å². The maximum Gasteiger partial charge on any atom is 0.260 e. The van der Waals surface area contributed by atoms with Crippen LogP contribution in [0.25, 0.3) is 10.8 Å². The van der Waals surface area contributed by atoms with Crippen LogP contribution in [0.5, 0.6) is 5.75 Å². The number of amides is 1. The highest BCUT2D eigenvalue weighted by Gasteiger charge is 2.14. The van der Waals surface area contributed by atoms with Gasteiger partial charge >= 0.3 is 0 Å². The van der Waals surface area contributed by atoms with Crippen molar-refractivity contribution < 1.29 is 9.53 Å². The lowest BCUT2D eigenvalue weighted by molar-refractivity contribution is -0.127. The molecule has 0 bridgehead atoms. The number of hydrogen-bond donors (Lipinski definition) is 1. The minimum atomic E-state index is -0.566. The Kier molecular flexibility index (Phi) is 7.49. The van der Waals surface area contributed by atoms with Gasteiger partial charge in [0.15, 0.2) is 6.10 Å². The number of thioether (sulfide) groups is 1. The Morgan fingerprint density at radius 3 is 2.50 bits per heavy atom. The molecule has 1 N–H and O–H groups in total. The molecule has 3 rings (SSSR count). The van der Waals surface area contributed by atoms with Crippen molar-refractivity contribution >= 4 is 51.6 Å². The lowest BCUT2D eigenvalue weighted by Crippen LogP contribution is -2.37. The molecule has 3 aromatic rings. The molecule has 1 atom stereocenters. The van der Waals surface area contributed by atoms with Crippen LogP contribution in [-0.2, 0) is 10.5 Å². The van der Waals surface area contributed by atoms with Gasteiger partial charge in [0.2, 0.25) is 0 Å².